The minimum absolute atomic E-state index is 0.212. The molecule has 0 fully saturated rings. The fraction of sp³-hybridized carbons (Fsp3) is 0.467. The predicted octanol–water partition coefficient (Wildman–Crippen LogP) is 3.10. The number of nitrogens with zero attached hydrogens (tertiary/aromatic N) is 2. The van der Waals surface area contributed by atoms with Gasteiger partial charge in [0.1, 0.15) is 5.75 Å². The Labute approximate surface area is 119 Å². The number of nitrogens with two attached hydrogens (primary N) is 1. The summed E-state index contributed by atoms with van der Waals surface area (Å²) in [6.07, 6.45) is 0.823. The fourth-order valence-corrected chi connectivity index (χ4v) is 2.13. The van der Waals surface area contributed by atoms with Crippen molar-refractivity contribution in [3.63, 3.8) is 0 Å². The van der Waals surface area contributed by atoms with Gasteiger partial charge in [-0.2, -0.15) is 4.98 Å². The van der Waals surface area contributed by atoms with Gasteiger partial charge in [0.15, 0.2) is 0 Å². The molecule has 0 aliphatic carbocycles. The van der Waals surface area contributed by atoms with Crippen molar-refractivity contribution in [3.05, 3.63) is 29.7 Å². The largest absolute Gasteiger partial charge is 0.496 e. The molecule has 0 saturated heterocycles. The van der Waals surface area contributed by atoms with Crippen molar-refractivity contribution in [3.8, 4) is 17.1 Å². The standard InChI is InChI=1S/C15H21N3O2/c1-9(2)7-12(16)15-17-14(18-20-15)11-5-6-13(19-4)10(3)8-11/h5-6,8-9,12H,7,16H2,1-4H3. The van der Waals surface area contributed by atoms with Crippen LogP contribution in [0.25, 0.3) is 11.4 Å². The molecule has 1 aromatic heterocycles. The first-order valence-corrected chi connectivity index (χ1v) is 6.75. The van der Waals surface area contributed by atoms with Crippen LogP contribution in [0.5, 0.6) is 5.75 Å². The van der Waals surface area contributed by atoms with Gasteiger partial charge in [-0.1, -0.05) is 19.0 Å². The molecule has 0 amide bonds. The topological polar surface area (TPSA) is 74.2 Å². The fourth-order valence-electron chi connectivity index (χ4n) is 2.13. The zero-order valence-corrected chi connectivity index (χ0v) is 12.4. The van der Waals surface area contributed by atoms with E-state index in [9.17, 15) is 0 Å². The van der Waals surface area contributed by atoms with Crippen molar-refractivity contribution >= 4 is 0 Å². The molecule has 1 atom stereocenters. The van der Waals surface area contributed by atoms with Crippen LogP contribution < -0.4 is 10.5 Å². The van der Waals surface area contributed by atoms with Crippen molar-refractivity contribution < 1.29 is 9.26 Å². The molecule has 1 heterocycles. The van der Waals surface area contributed by atoms with E-state index in [0.29, 0.717) is 17.6 Å². The minimum Gasteiger partial charge on any atom is -0.496 e. The number of benzene rings is 1. The second-order valence-electron chi connectivity index (χ2n) is 5.38. The van der Waals surface area contributed by atoms with Crippen LogP contribution in [-0.4, -0.2) is 17.3 Å². The highest BCUT2D eigenvalue weighted by Crippen LogP contribution is 2.25. The Morgan fingerprint density at radius 3 is 2.70 bits per heavy atom. The highest BCUT2D eigenvalue weighted by Gasteiger charge is 2.17. The van der Waals surface area contributed by atoms with E-state index < -0.39 is 0 Å². The quantitative estimate of drug-likeness (QED) is 0.907. The molecule has 0 bridgehead atoms. The lowest BCUT2D eigenvalue weighted by Gasteiger charge is -2.08. The highest BCUT2D eigenvalue weighted by molar-refractivity contribution is 5.58. The van der Waals surface area contributed by atoms with Gasteiger partial charge in [0.25, 0.3) is 0 Å². The molecule has 2 aromatic rings. The summed E-state index contributed by atoms with van der Waals surface area (Å²) < 4.78 is 10.5. The number of hydrogen-bond acceptors (Lipinski definition) is 5. The van der Waals surface area contributed by atoms with Crippen LogP contribution in [0, 0.1) is 12.8 Å². The van der Waals surface area contributed by atoms with E-state index in [4.69, 9.17) is 15.0 Å². The molecule has 1 aromatic carbocycles. The molecule has 0 radical (unpaired) electrons. The number of rotatable bonds is 5. The SMILES string of the molecule is COc1ccc(-c2noc(C(N)CC(C)C)n2)cc1C. The van der Waals surface area contributed by atoms with E-state index >= 15 is 0 Å². The Hall–Kier alpha value is -1.88. The number of methoxy groups -OCH3 is 1. The third kappa shape index (κ3) is 3.17. The van der Waals surface area contributed by atoms with Crippen LogP contribution in [0.15, 0.2) is 22.7 Å². The van der Waals surface area contributed by atoms with E-state index in [-0.39, 0.29) is 6.04 Å². The molecular formula is C15H21N3O2. The van der Waals surface area contributed by atoms with Crippen molar-refractivity contribution in [2.24, 2.45) is 11.7 Å². The maximum atomic E-state index is 6.05. The average molecular weight is 275 g/mol. The summed E-state index contributed by atoms with van der Waals surface area (Å²) in [5, 5.41) is 4.00. The van der Waals surface area contributed by atoms with E-state index in [0.717, 1.165) is 23.3 Å². The lowest BCUT2D eigenvalue weighted by molar-refractivity contribution is 0.335. The van der Waals surface area contributed by atoms with Gasteiger partial charge < -0.3 is 15.0 Å². The maximum Gasteiger partial charge on any atom is 0.243 e. The molecule has 0 aliphatic heterocycles. The van der Waals surface area contributed by atoms with E-state index in [1.165, 1.54) is 0 Å². The molecular weight excluding hydrogens is 254 g/mol. The molecule has 2 rings (SSSR count). The third-order valence-electron chi connectivity index (χ3n) is 3.14. The summed E-state index contributed by atoms with van der Waals surface area (Å²) in [6.45, 7) is 6.21. The first-order chi connectivity index (χ1) is 9.51. The third-order valence-corrected chi connectivity index (χ3v) is 3.14. The summed E-state index contributed by atoms with van der Waals surface area (Å²) in [5.74, 6) is 2.38. The smallest absolute Gasteiger partial charge is 0.243 e. The summed E-state index contributed by atoms with van der Waals surface area (Å²) in [6, 6.07) is 5.57. The summed E-state index contributed by atoms with van der Waals surface area (Å²) in [7, 11) is 1.65. The van der Waals surface area contributed by atoms with Gasteiger partial charge in [0.05, 0.1) is 13.2 Å². The van der Waals surface area contributed by atoms with Crippen LogP contribution in [0.1, 0.15) is 37.8 Å². The number of aromatic nitrogens is 2. The summed E-state index contributed by atoms with van der Waals surface area (Å²) >= 11 is 0. The zero-order valence-electron chi connectivity index (χ0n) is 12.4. The second kappa shape index (κ2) is 6.05. The van der Waals surface area contributed by atoms with E-state index in [2.05, 4.69) is 24.0 Å². The highest BCUT2D eigenvalue weighted by atomic mass is 16.5. The number of ether oxygens (including phenoxy) is 1. The molecule has 5 heteroatoms. The zero-order chi connectivity index (χ0) is 14.7. The van der Waals surface area contributed by atoms with Gasteiger partial charge in [0.2, 0.25) is 11.7 Å². The van der Waals surface area contributed by atoms with E-state index in [1.54, 1.807) is 7.11 Å². The summed E-state index contributed by atoms with van der Waals surface area (Å²) in [4.78, 5) is 4.39. The molecule has 0 aliphatic rings. The maximum absolute atomic E-state index is 6.05. The molecule has 5 nitrogen and oxygen atoms in total. The Morgan fingerprint density at radius 1 is 1.35 bits per heavy atom. The van der Waals surface area contributed by atoms with Crippen molar-refractivity contribution in [2.75, 3.05) is 7.11 Å². The Morgan fingerprint density at radius 2 is 2.10 bits per heavy atom. The number of hydrogen-bond donors (Lipinski definition) is 1. The van der Waals surface area contributed by atoms with E-state index in [1.807, 2.05) is 25.1 Å². The monoisotopic (exact) mass is 275 g/mol. The predicted molar refractivity (Wildman–Crippen MR) is 77.4 cm³/mol. The lowest BCUT2D eigenvalue weighted by atomic mass is 10.0. The first-order valence-electron chi connectivity index (χ1n) is 6.75. The molecule has 0 saturated carbocycles. The van der Waals surface area contributed by atoms with Crippen LogP contribution >= 0.6 is 0 Å². The molecule has 20 heavy (non-hydrogen) atoms. The number of aryl methyl sites for hydroxylation is 1. The van der Waals surface area contributed by atoms with Crippen LogP contribution in [0.3, 0.4) is 0 Å². The lowest BCUT2D eigenvalue weighted by Crippen LogP contribution is -2.13. The van der Waals surface area contributed by atoms with Gasteiger partial charge in [-0.15, -0.1) is 0 Å². The molecule has 0 spiro atoms. The molecule has 108 valence electrons. The van der Waals surface area contributed by atoms with Crippen LogP contribution in [0.4, 0.5) is 0 Å². The minimum atomic E-state index is -0.212. The molecule has 1 unspecified atom stereocenters. The van der Waals surface area contributed by atoms with Crippen molar-refractivity contribution in [1.82, 2.24) is 10.1 Å². The van der Waals surface area contributed by atoms with Gasteiger partial charge in [-0.3, -0.25) is 0 Å². The van der Waals surface area contributed by atoms with Crippen molar-refractivity contribution in [2.45, 2.75) is 33.2 Å². The second-order valence-corrected chi connectivity index (χ2v) is 5.38. The van der Waals surface area contributed by atoms with Gasteiger partial charge >= 0.3 is 0 Å². The Kier molecular flexibility index (Phi) is 4.39. The normalized spacial score (nSPS) is 12.7. The van der Waals surface area contributed by atoms with Gasteiger partial charge in [-0.25, -0.2) is 0 Å². The first kappa shape index (κ1) is 14.5. The summed E-state index contributed by atoms with van der Waals surface area (Å²) in [5.41, 5.74) is 7.98. The van der Waals surface area contributed by atoms with Crippen LogP contribution in [0.2, 0.25) is 0 Å². The van der Waals surface area contributed by atoms with Gasteiger partial charge in [0, 0.05) is 5.56 Å². The Balaban J connectivity index is 2.22. The van der Waals surface area contributed by atoms with Crippen molar-refractivity contribution in [1.29, 1.82) is 0 Å². The van der Waals surface area contributed by atoms with Crippen LogP contribution in [-0.2, 0) is 0 Å². The average Bonchev–Trinajstić information content (AvgIpc) is 2.87. The molecule has 2 N–H and O–H groups in total. The van der Waals surface area contributed by atoms with Gasteiger partial charge in [-0.05, 0) is 43.0 Å². The Bertz CT molecular complexity index is 578.